The minimum absolute atomic E-state index is 0.0715. The van der Waals surface area contributed by atoms with E-state index in [2.05, 4.69) is 13.8 Å². The molecule has 0 aliphatic heterocycles. The van der Waals surface area contributed by atoms with Crippen molar-refractivity contribution in [3.05, 3.63) is 39.9 Å². The van der Waals surface area contributed by atoms with E-state index in [0.717, 1.165) is 24.8 Å². The van der Waals surface area contributed by atoms with E-state index < -0.39 is 0 Å². The fourth-order valence-electron chi connectivity index (χ4n) is 2.28. The van der Waals surface area contributed by atoms with Gasteiger partial charge in [-0.1, -0.05) is 62.0 Å². The number of likely N-dealkylation sites (N-methyl/N-ethyl adjacent to an activating group) is 1. The van der Waals surface area contributed by atoms with Crippen LogP contribution in [0.4, 0.5) is 0 Å². The van der Waals surface area contributed by atoms with Gasteiger partial charge in [0.1, 0.15) is 0 Å². The molecule has 0 bridgehead atoms. The quantitative estimate of drug-likeness (QED) is 0.595. The Hall–Kier alpha value is -0.830. The molecule has 1 aromatic carbocycles. The first-order chi connectivity index (χ1) is 10.3. The van der Waals surface area contributed by atoms with Gasteiger partial charge in [-0.3, -0.25) is 9.69 Å². The molecule has 0 saturated carbocycles. The maximum Gasteiger partial charge on any atom is 0.172 e. The molecule has 0 saturated heterocycles. The van der Waals surface area contributed by atoms with Crippen LogP contribution in [-0.2, 0) is 4.79 Å². The Morgan fingerprint density at radius 2 is 1.86 bits per heavy atom. The van der Waals surface area contributed by atoms with E-state index in [-0.39, 0.29) is 11.8 Å². The number of halogens is 2. The number of ketones is 1. The summed E-state index contributed by atoms with van der Waals surface area (Å²) in [7, 11) is 3.90. The predicted molar refractivity (Wildman–Crippen MR) is 96.7 cm³/mol. The molecule has 1 atom stereocenters. The lowest BCUT2D eigenvalue weighted by Crippen LogP contribution is -2.34. The molecule has 122 valence electrons. The Morgan fingerprint density at radius 3 is 2.41 bits per heavy atom. The highest BCUT2D eigenvalue weighted by atomic mass is 35.5. The molecule has 0 N–H and O–H groups in total. The summed E-state index contributed by atoms with van der Waals surface area (Å²) < 4.78 is 0. The summed E-state index contributed by atoms with van der Waals surface area (Å²) in [5.74, 6) is 0.796. The molecule has 0 amide bonds. The van der Waals surface area contributed by atoms with Crippen LogP contribution in [0.2, 0.25) is 10.0 Å². The zero-order chi connectivity index (χ0) is 16.7. The third-order valence-corrected chi connectivity index (χ3v) is 4.33. The van der Waals surface area contributed by atoms with Crippen LogP contribution in [0.3, 0.4) is 0 Å². The molecule has 1 rings (SSSR count). The molecule has 0 aliphatic rings. The van der Waals surface area contributed by atoms with Crippen LogP contribution in [0.5, 0.6) is 0 Å². The number of hydrogen-bond donors (Lipinski definition) is 0. The van der Waals surface area contributed by atoms with Crippen LogP contribution in [0, 0.1) is 5.92 Å². The summed E-state index contributed by atoms with van der Waals surface area (Å²) in [4.78, 5) is 14.4. The van der Waals surface area contributed by atoms with E-state index in [0.29, 0.717) is 16.0 Å². The van der Waals surface area contributed by atoms with Gasteiger partial charge in [-0.2, -0.15) is 0 Å². The van der Waals surface area contributed by atoms with Crippen LogP contribution in [0.1, 0.15) is 38.7 Å². The Morgan fingerprint density at radius 1 is 1.18 bits per heavy atom. The summed E-state index contributed by atoms with van der Waals surface area (Å²) in [6.45, 7) is 4.41. The highest BCUT2D eigenvalue weighted by molar-refractivity contribution is 6.42. The van der Waals surface area contributed by atoms with Crippen LogP contribution in [0.25, 0.3) is 6.08 Å². The molecule has 4 heteroatoms. The molecule has 0 aliphatic carbocycles. The lowest BCUT2D eigenvalue weighted by molar-refractivity contribution is -0.118. The van der Waals surface area contributed by atoms with Gasteiger partial charge < -0.3 is 0 Å². The normalized spacial score (nSPS) is 13.3. The predicted octanol–water partition coefficient (Wildman–Crippen LogP) is 5.33. The van der Waals surface area contributed by atoms with Crippen LogP contribution in [0.15, 0.2) is 24.3 Å². The van der Waals surface area contributed by atoms with Gasteiger partial charge in [0.2, 0.25) is 0 Å². The number of carbonyl (C=O) groups is 1. The van der Waals surface area contributed by atoms with Crippen LogP contribution in [-0.4, -0.2) is 30.8 Å². The second kappa shape index (κ2) is 9.34. The van der Waals surface area contributed by atoms with E-state index in [1.165, 1.54) is 0 Å². The zero-order valence-corrected chi connectivity index (χ0v) is 15.3. The molecule has 0 spiro atoms. The third-order valence-electron chi connectivity index (χ3n) is 3.59. The van der Waals surface area contributed by atoms with E-state index in [9.17, 15) is 4.79 Å². The van der Waals surface area contributed by atoms with E-state index in [4.69, 9.17) is 23.2 Å². The first-order valence-electron chi connectivity index (χ1n) is 7.64. The average Bonchev–Trinajstić information content (AvgIpc) is 2.44. The van der Waals surface area contributed by atoms with E-state index in [1.807, 2.05) is 25.1 Å². The second-order valence-electron chi connectivity index (χ2n) is 6.21. The van der Waals surface area contributed by atoms with Gasteiger partial charge in [-0.15, -0.1) is 0 Å². The van der Waals surface area contributed by atoms with Crippen molar-refractivity contribution < 1.29 is 4.79 Å². The number of hydrogen-bond acceptors (Lipinski definition) is 2. The molecule has 22 heavy (non-hydrogen) atoms. The monoisotopic (exact) mass is 341 g/mol. The average molecular weight is 342 g/mol. The first-order valence-corrected chi connectivity index (χ1v) is 8.40. The highest BCUT2D eigenvalue weighted by Gasteiger charge is 2.18. The van der Waals surface area contributed by atoms with Crippen molar-refractivity contribution in [1.82, 2.24) is 4.90 Å². The van der Waals surface area contributed by atoms with Gasteiger partial charge in [0.15, 0.2) is 5.78 Å². The van der Waals surface area contributed by atoms with Gasteiger partial charge in [0, 0.05) is 0 Å². The van der Waals surface area contributed by atoms with Crippen molar-refractivity contribution >= 4 is 35.1 Å². The van der Waals surface area contributed by atoms with Crippen molar-refractivity contribution in [2.75, 3.05) is 14.1 Å². The lowest BCUT2D eigenvalue weighted by atomic mass is 9.99. The van der Waals surface area contributed by atoms with Crippen LogP contribution >= 0.6 is 23.2 Å². The maximum absolute atomic E-state index is 12.4. The molecule has 0 fully saturated rings. The molecule has 1 aromatic rings. The summed E-state index contributed by atoms with van der Waals surface area (Å²) in [5, 5.41) is 1.02. The summed E-state index contributed by atoms with van der Waals surface area (Å²) >= 11 is 11.9. The SMILES string of the molecule is CC(C)CCCC(C(=O)/C=C/c1ccc(Cl)c(Cl)c1)N(C)C. The van der Waals surface area contributed by atoms with E-state index >= 15 is 0 Å². The molecule has 0 aromatic heterocycles. The zero-order valence-electron chi connectivity index (χ0n) is 13.8. The third kappa shape index (κ3) is 6.51. The van der Waals surface area contributed by atoms with Crippen molar-refractivity contribution in [2.24, 2.45) is 5.92 Å². The topological polar surface area (TPSA) is 20.3 Å². The van der Waals surface area contributed by atoms with Crippen molar-refractivity contribution in [2.45, 2.75) is 39.2 Å². The van der Waals surface area contributed by atoms with E-state index in [1.54, 1.807) is 24.3 Å². The summed E-state index contributed by atoms with van der Waals surface area (Å²) in [6.07, 6.45) is 6.53. The second-order valence-corrected chi connectivity index (χ2v) is 7.03. The summed E-state index contributed by atoms with van der Waals surface area (Å²) in [5.41, 5.74) is 0.877. The minimum atomic E-state index is -0.0715. The van der Waals surface area contributed by atoms with Gasteiger partial charge in [-0.25, -0.2) is 0 Å². The largest absolute Gasteiger partial charge is 0.299 e. The first kappa shape index (κ1) is 19.2. The van der Waals surface area contributed by atoms with Crippen molar-refractivity contribution in [1.29, 1.82) is 0 Å². The Bertz CT molecular complexity index is 524. The fourth-order valence-corrected chi connectivity index (χ4v) is 2.59. The fraction of sp³-hybridized carbons (Fsp3) is 0.500. The lowest BCUT2D eigenvalue weighted by Gasteiger charge is -2.22. The Labute approximate surface area is 144 Å². The van der Waals surface area contributed by atoms with Crippen molar-refractivity contribution in [3.63, 3.8) is 0 Å². The maximum atomic E-state index is 12.4. The number of nitrogens with zero attached hydrogens (tertiary/aromatic N) is 1. The standard InChI is InChI=1S/C18H25Cl2NO/c1-13(2)6-5-7-17(21(3)4)18(22)11-9-14-8-10-15(19)16(20)12-14/h8-13,17H,5-7H2,1-4H3/b11-9+. The molecule has 0 radical (unpaired) electrons. The van der Waals surface area contributed by atoms with Gasteiger partial charge in [0.05, 0.1) is 16.1 Å². The minimum Gasteiger partial charge on any atom is -0.299 e. The van der Waals surface area contributed by atoms with Crippen molar-refractivity contribution in [3.8, 4) is 0 Å². The Balaban J connectivity index is 2.69. The smallest absolute Gasteiger partial charge is 0.172 e. The number of benzene rings is 1. The van der Waals surface area contributed by atoms with Crippen LogP contribution < -0.4 is 0 Å². The van der Waals surface area contributed by atoms with Gasteiger partial charge >= 0.3 is 0 Å². The number of carbonyl (C=O) groups excluding carboxylic acids is 1. The molecular formula is C18H25Cl2NO. The van der Waals surface area contributed by atoms with Gasteiger partial charge in [-0.05, 0) is 50.2 Å². The molecular weight excluding hydrogens is 317 g/mol. The summed E-state index contributed by atoms with van der Waals surface area (Å²) in [6, 6.07) is 5.27. The Kier molecular flexibility index (Phi) is 8.16. The van der Waals surface area contributed by atoms with Gasteiger partial charge in [0.25, 0.3) is 0 Å². The highest BCUT2D eigenvalue weighted by Crippen LogP contribution is 2.23. The molecule has 1 unspecified atom stereocenters. The molecule has 0 heterocycles. The number of rotatable bonds is 8. The molecule has 2 nitrogen and oxygen atoms in total.